The minimum atomic E-state index is -1.66. The van der Waals surface area contributed by atoms with Crippen LogP contribution in [0.25, 0.3) is 11.3 Å². The number of pyridine rings is 1. The summed E-state index contributed by atoms with van der Waals surface area (Å²) in [6, 6.07) is 5.05. The third-order valence-electron chi connectivity index (χ3n) is 5.28. The summed E-state index contributed by atoms with van der Waals surface area (Å²) in [5.74, 6) is -1.51. The van der Waals surface area contributed by atoms with Gasteiger partial charge in [0.25, 0.3) is 0 Å². The highest BCUT2D eigenvalue weighted by Crippen LogP contribution is 2.47. The topological polar surface area (TPSA) is 103 Å². The highest BCUT2D eigenvalue weighted by atomic mass is 19.1. The van der Waals surface area contributed by atoms with Gasteiger partial charge in [-0.3, -0.25) is 0 Å². The first-order valence-electron chi connectivity index (χ1n) is 9.33. The Hall–Kier alpha value is -2.58. The second kappa shape index (κ2) is 7.35. The van der Waals surface area contributed by atoms with Crippen LogP contribution in [0.4, 0.5) is 13.6 Å². The summed E-state index contributed by atoms with van der Waals surface area (Å²) < 4.78 is 28.7. The first-order valence-corrected chi connectivity index (χ1v) is 9.33. The Bertz CT molecular complexity index is 937. The fourth-order valence-corrected chi connectivity index (χ4v) is 3.79. The molecule has 0 aliphatic heterocycles. The van der Waals surface area contributed by atoms with Crippen molar-refractivity contribution in [3.8, 4) is 11.3 Å². The lowest BCUT2D eigenvalue weighted by Crippen LogP contribution is -2.44. The molecule has 0 spiro atoms. The van der Waals surface area contributed by atoms with Gasteiger partial charge in [-0.1, -0.05) is 0 Å². The molecular weight excluding hydrogens is 382 g/mol. The molecule has 1 fully saturated rings. The number of hydrogen-bond donors (Lipinski definition) is 4. The van der Waals surface area contributed by atoms with E-state index in [1.54, 1.807) is 6.92 Å². The lowest BCUT2D eigenvalue weighted by molar-refractivity contribution is 0.00838. The highest BCUT2D eigenvalue weighted by Gasteiger charge is 2.48. The van der Waals surface area contributed by atoms with Gasteiger partial charge in [0, 0.05) is 11.1 Å². The molecule has 6 nitrogen and oxygen atoms in total. The van der Waals surface area contributed by atoms with Crippen LogP contribution in [0.2, 0.25) is 0 Å². The lowest BCUT2D eigenvalue weighted by atomic mass is 9.83. The Morgan fingerprint density at radius 3 is 2.28 bits per heavy atom. The van der Waals surface area contributed by atoms with Gasteiger partial charge in [-0.15, -0.1) is 0 Å². The SMILES string of the molecule is Cc1c(C(O)(CNC(=O)O)C2CC2)nc(-c2ccc(F)cc2)c(F)c1C(C)(C)O. The maximum absolute atomic E-state index is 15.4. The van der Waals surface area contributed by atoms with E-state index in [1.165, 1.54) is 38.1 Å². The summed E-state index contributed by atoms with van der Waals surface area (Å²) in [7, 11) is 0. The van der Waals surface area contributed by atoms with Gasteiger partial charge in [-0.2, -0.15) is 0 Å². The zero-order chi connectivity index (χ0) is 21.6. The van der Waals surface area contributed by atoms with Gasteiger partial charge >= 0.3 is 6.09 Å². The second-order valence-electron chi connectivity index (χ2n) is 8.05. The van der Waals surface area contributed by atoms with E-state index in [-0.39, 0.29) is 40.5 Å². The molecule has 1 aliphatic carbocycles. The molecule has 1 atom stereocenters. The van der Waals surface area contributed by atoms with Crippen LogP contribution in [0.15, 0.2) is 24.3 Å². The molecule has 1 saturated carbocycles. The van der Waals surface area contributed by atoms with Gasteiger partial charge in [-0.25, -0.2) is 18.6 Å². The second-order valence-corrected chi connectivity index (χ2v) is 8.05. The standard InChI is InChI=1S/C21H24F2N2O4/c1-11-15(20(2,3)28)16(23)17(12-4-8-14(22)9-5-12)25-18(11)21(29,13-6-7-13)10-24-19(26)27/h4-5,8-9,13,24,28-29H,6-7,10H2,1-3H3,(H,26,27). The molecule has 3 rings (SSSR count). The zero-order valence-corrected chi connectivity index (χ0v) is 16.5. The molecule has 1 aliphatic rings. The summed E-state index contributed by atoms with van der Waals surface area (Å²) in [5, 5.41) is 33.2. The number of carbonyl (C=O) groups is 1. The largest absolute Gasteiger partial charge is 0.465 e. The summed E-state index contributed by atoms with van der Waals surface area (Å²) >= 11 is 0. The van der Waals surface area contributed by atoms with Crippen LogP contribution in [0.5, 0.6) is 0 Å². The monoisotopic (exact) mass is 406 g/mol. The van der Waals surface area contributed by atoms with Crippen molar-refractivity contribution in [1.82, 2.24) is 10.3 Å². The van der Waals surface area contributed by atoms with Crippen LogP contribution in [-0.2, 0) is 11.2 Å². The molecule has 4 N–H and O–H groups in total. The molecule has 29 heavy (non-hydrogen) atoms. The lowest BCUT2D eigenvalue weighted by Gasteiger charge is -2.32. The third kappa shape index (κ3) is 4.09. The smallest absolute Gasteiger partial charge is 0.404 e. The summed E-state index contributed by atoms with van der Waals surface area (Å²) in [6.07, 6.45) is 0.0327. The van der Waals surface area contributed by atoms with Gasteiger partial charge in [0.15, 0.2) is 5.82 Å². The quantitative estimate of drug-likeness (QED) is 0.589. The molecule has 0 bridgehead atoms. The van der Waals surface area contributed by atoms with E-state index in [1.807, 2.05) is 0 Å². The maximum Gasteiger partial charge on any atom is 0.404 e. The average molecular weight is 406 g/mol. The Balaban J connectivity index is 2.27. The zero-order valence-electron chi connectivity index (χ0n) is 16.5. The van der Waals surface area contributed by atoms with Gasteiger partial charge < -0.3 is 20.6 Å². The van der Waals surface area contributed by atoms with Crippen molar-refractivity contribution in [3.05, 3.63) is 52.7 Å². The Kier molecular flexibility index (Phi) is 5.36. The fourth-order valence-electron chi connectivity index (χ4n) is 3.79. The highest BCUT2D eigenvalue weighted by molar-refractivity contribution is 5.65. The molecule has 1 amide bonds. The van der Waals surface area contributed by atoms with Crippen molar-refractivity contribution in [3.63, 3.8) is 0 Å². The van der Waals surface area contributed by atoms with Crippen LogP contribution in [0, 0.1) is 24.5 Å². The van der Waals surface area contributed by atoms with E-state index in [4.69, 9.17) is 5.11 Å². The molecule has 1 heterocycles. The molecule has 0 saturated heterocycles. The molecule has 1 aromatic carbocycles. The van der Waals surface area contributed by atoms with E-state index in [0.717, 1.165) is 0 Å². The number of aromatic nitrogens is 1. The van der Waals surface area contributed by atoms with Crippen molar-refractivity contribution in [1.29, 1.82) is 0 Å². The Morgan fingerprint density at radius 2 is 1.79 bits per heavy atom. The summed E-state index contributed by atoms with van der Waals surface area (Å²) in [5.41, 5.74) is -2.81. The number of benzene rings is 1. The van der Waals surface area contributed by atoms with Gasteiger partial charge in [-0.05, 0) is 69.4 Å². The van der Waals surface area contributed by atoms with Crippen molar-refractivity contribution < 1.29 is 28.9 Å². The molecule has 1 unspecified atom stereocenters. The number of aliphatic hydroxyl groups is 2. The van der Waals surface area contributed by atoms with Crippen LogP contribution in [-0.4, -0.2) is 32.9 Å². The van der Waals surface area contributed by atoms with E-state index >= 15 is 4.39 Å². The van der Waals surface area contributed by atoms with Crippen LogP contribution >= 0.6 is 0 Å². The molecule has 0 radical (unpaired) electrons. The van der Waals surface area contributed by atoms with Crippen molar-refractivity contribution in [2.24, 2.45) is 5.92 Å². The number of nitrogens with zero attached hydrogens (tertiary/aromatic N) is 1. The average Bonchev–Trinajstić information content (AvgIpc) is 3.45. The first kappa shape index (κ1) is 21.1. The summed E-state index contributed by atoms with van der Waals surface area (Å²) in [4.78, 5) is 15.4. The van der Waals surface area contributed by atoms with Crippen molar-refractivity contribution in [2.45, 2.75) is 44.8 Å². The van der Waals surface area contributed by atoms with Gasteiger partial charge in [0.05, 0.1) is 17.8 Å². The minimum Gasteiger partial charge on any atom is -0.465 e. The fraction of sp³-hybridized carbons (Fsp3) is 0.429. The van der Waals surface area contributed by atoms with Gasteiger partial charge in [0.2, 0.25) is 0 Å². The normalized spacial score (nSPS) is 16.4. The minimum absolute atomic E-state index is 0.0452. The predicted molar refractivity (Wildman–Crippen MR) is 102 cm³/mol. The Labute approximate surface area is 167 Å². The number of rotatable bonds is 6. The van der Waals surface area contributed by atoms with Crippen molar-refractivity contribution >= 4 is 6.09 Å². The van der Waals surface area contributed by atoms with Crippen LogP contribution < -0.4 is 5.32 Å². The Morgan fingerprint density at radius 1 is 1.21 bits per heavy atom. The number of nitrogens with one attached hydrogen (secondary N) is 1. The number of hydrogen-bond acceptors (Lipinski definition) is 4. The predicted octanol–water partition coefficient (Wildman–Crippen LogP) is 3.43. The number of halogens is 2. The molecular formula is C21H24F2N2O4. The van der Waals surface area contributed by atoms with E-state index < -0.39 is 28.9 Å². The van der Waals surface area contributed by atoms with E-state index in [0.29, 0.717) is 12.8 Å². The molecule has 2 aromatic rings. The number of carboxylic acid groups (broad SMARTS) is 1. The van der Waals surface area contributed by atoms with Crippen LogP contribution in [0.3, 0.4) is 0 Å². The van der Waals surface area contributed by atoms with E-state index in [2.05, 4.69) is 10.3 Å². The maximum atomic E-state index is 15.4. The van der Waals surface area contributed by atoms with E-state index in [9.17, 15) is 19.4 Å². The van der Waals surface area contributed by atoms with Gasteiger partial charge in [0.1, 0.15) is 17.1 Å². The van der Waals surface area contributed by atoms with Crippen LogP contribution in [0.1, 0.15) is 43.5 Å². The number of amides is 1. The molecule has 156 valence electrons. The first-order chi connectivity index (χ1) is 13.4. The summed E-state index contributed by atoms with van der Waals surface area (Å²) in [6.45, 7) is 4.06. The molecule has 8 heteroatoms. The van der Waals surface area contributed by atoms with Crippen molar-refractivity contribution in [2.75, 3.05) is 6.54 Å². The third-order valence-corrected chi connectivity index (χ3v) is 5.28. The molecule has 1 aromatic heterocycles.